The summed E-state index contributed by atoms with van der Waals surface area (Å²) in [5, 5.41) is 14.8. The number of hydrogen-bond acceptors (Lipinski definition) is 3. The van der Waals surface area contributed by atoms with Crippen molar-refractivity contribution < 1.29 is 0 Å². The first-order chi connectivity index (χ1) is 15.8. The second-order valence-corrected chi connectivity index (χ2v) is 8.11. The zero-order valence-electron chi connectivity index (χ0n) is 17.3. The summed E-state index contributed by atoms with van der Waals surface area (Å²) in [5.41, 5.74) is 4.64. The molecule has 0 amide bonds. The molecular weight excluding hydrogens is 460 g/mol. The Morgan fingerprint density at radius 3 is 1.53 bits per heavy atom. The number of benzene rings is 4. The van der Waals surface area contributed by atoms with Crippen LogP contribution >= 0.6 is 15.9 Å². The van der Waals surface area contributed by atoms with E-state index in [2.05, 4.69) is 111 Å². The lowest BCUT2D eigenvalue weighted by molar-refractivity contribution is 0.670. The maximum atomic E-state index is 4.92. The number of halogens is 1. The van der Waals surface area contributed by atoms with E-state index in [0.29, 0.717) is 5.82 Å². The summed E-state index contributed by atoms with van der Waals surface area (Å²) >= 11 is 3.50. The van der Waals surface area contributed by atoms with Gasteiger partial charge in [-0.1, -0.05) is 119 Å². The van der Waals surface area contributed by atoms with Gasteiger partial charge in [0.25, 0.3) is 0 Å². The highest BCUT2D eigenvalue weighted by Gasteiger charge is 2.42. The maximum absolute atomic E-state index is 4.92. The summed E-state index contributed by atoms with van der Waals surface area (Å²) in [6.07, 6.45) is 0. The molecule has 0 saturated heterocycles. The predicted molar refractivity (Wildman–Crippen MR) is 130 cm³/mol. The molecular formula is C27H21BrN4. The van der Waals surface area contributed by atoms with Gasteiger partial charge < -0.3 is 0 Å². The molecule has 0 radical (unpaired) electrons. The van der Waals surface area contributed by atoms with Gasteiger partial charge in [0.2, 0.25) is 0 Å². The fourth-order valence-electron chi connectivity index (χ4n) is 4.14. The Morgan fingerprint density at radius 2 is 1.09 bits per heavy atom. The molecule has 5 heteroatoms. The lowest BCUT2D eigenvalue weighted by Crippen LogP contribution is -2.32. The van der Waals surface area contributed by atoms with Crippen molar-refractivity contribution in [3.8, 4) is 5.69 Å². The second-order valence-electron chi connectivity index (χ2n) is 7.55. The zero-order chi connectivity index (χ0) is 21.8. The van der Waals surface area contributed by atoms with E-state index in [4.69, 9.17) is 5.10 Å². The lowest BCUT2D eigenvalue weighted by atomic mass is 9.69. The molecule has 0 aliphatic rings. The van der Waals surface area contributed by atoms with Crippen LogP contribution in [0.25, 0.3) is 5.69 Å². The van der Waals surface area contributed by atoms with Gasteiger partial charge in [-0.15, -0.1) is 15.0 Å². The van der Waals surface area contributed by atoms with Gasteiger partial charge in [0.15, 0.2) is 5.82 Å². The molecule has 0 unspecified atom stereocenters. The fourth-order valence-corrected chi connectivity index (χ4v) is 4.52. The Morgan fingerprint density at radius 1 is 0.625 bits per heavy atom. The maximum Gasteiger partial charge on any atom is 0.194 e. The summed E-state index contributed by atoms with van der Waals surface area (Å²) < 4.78 is 0. The number of aromatic nitrogens is 4. The zero-order valence-corrected chi connectivity index (χ0v) is 18.9. The largest absolute Gasteiger partial charge is 0.194 e. The Kier molecular flexibility index (Phi) is 5.65. The summed E-state index contributed by atoms with van der Waals surface area (Å²) in [4.78, 5) is 1.61. The molecule has 1 aromatic heterocycles. The van der Waals surface area contributed by atoms with Crippen LogP contribution in [0.3, 0.4) is 0 Å². The first kappa shape index (κ1) is 20.3. The van der Waals surface area contributed by atoms with Crippen LogP contribution in [-0.2, 0) is 10.7 Å². The molecule has 32 heavy (non-hydrogen) atoms. The van der Waals surface area contributed by atoms with Gasteiger partial charge in [0, 0.05) is 5.33 Å². The monoisotopic (exact) mass is 480 g/mol. The van der Waals surface area contributed by atoms with Crippen molar-refractivity contribution in [2.75, 3.05) is 0 Å². The van der Waals surface area contributed by atoms with Crippen LogP contribution in [0, 0.1) is 0 Å². The molecule has 0 spiro atoms. The Bertz CT molecular complexity index is 1190. The van der Waals surface area contributed by atoms with E-state index in [0.717, 1.165) is 27.7 Å². The van der Waals surface area contributed by atoms with Crippen LogP contribution in [0.4, 0.5) is 0 Å². The predicted octanol–water partition coefficient (Wildman–Crippen LogP) is 5.94. The molecule has 0 bridgehead atoms. The van der Waals surface area contributed by atoms with E-state index >= 15 is 0 Å². The molecule has 156 valence electrons. The van der Waals surface area contributed by atoms with E-state index in [1.54, 1.807) is 4.80 Å². The van der Waals surface area contributed by atoms with Gasteiger partial charge >= 0.3 is 0 Å². The Hall–Kier alpha value is -3.57. The first-order valence-electron chi connectivity index (χ1n) is 10.4. The minimum absolute atomic E-state index is 0.630. The standard InChI is InChI=1S/C27H21BrN4/c28-20-21-16-18-25(19-17-21)32-30-26(29-31-32)27(22-10-4-1-5-11-22,23-12-6-2-7-13-23)24-14-8-3-9-15-24/h1-19H,20H2. The van der Waals surface area contributed by atoms with E-state index in [9.17, 15) is 0 Å². The van der Waals surface area contributed by atoms with E-state index in [1.807, 2.05) is 30.3 Å². The summed E-state index contributed by atoms with van der Waals surface area (Å²) in [6.45, 7) is 0. The minimum atomic E-state index is -0.697. The molecule has 1 heterocycles. The lowest BCUT2D eigenvalue weighted by Gasteiger charge is -2.32. The van der Waals surface area contributed by atoms with Gasteiger partial charge in [-0.3, -0.25) is 0 Å². The number of tetrazole rings is 1. The van der Waals surface area contributed by atoms with Crippen molar-refractivity contribution in [1.82, 2.24) is 20.2 Å². The van der Waals surface area contributed by atoms with Crippen LogP contribution in [0.5, 0.6) is 0 Å². The topological polar surface area (TPSA) is 43.6 Å². The molecule has 0 aliphatic carbocycles. The highest BCUT2D eigenvalue weighted by atomic mass is 79.9. The van der Waals surface area contributed by atoms with Crippen LogP contribution in [0.15, 0.2) is 115 Å². The van der Waals surface area contributed by atoms with Crippen LogP contribution in [0.1, 0.15) is 28.1 Å². The third-order valence-electron chi connectivity index (χ3n) is 5.69. The second kappa shape index (κ2) is 8.89. The van der Waals surface area contributed by atoms with Crippen molar-refractivity contribution in [2.45, 2.75) is 10.7 Å². The molecule has 0 fully saturated rings. The smallest absolute Gasteiger partial charge is 0.131 e. The van der Waals surface area contributed by atoms with Gasteiger partial charge in [-0.2, -0.15) is 0 Å². The summed E-state index contributed by atoms with van der Waals surface area (Å²) in [5.74, 6) is 0.630. The minimum Gasteiger partial charge on any atom is -0.131 e. The van der Waals surface area contributed by atoms with E-state index < -0.39 is 5.41 Å². The average molecular weight is 481 g/mol. The van der Waals surface area contributed by atoms with E-state index in [-0.39, 0.29) is 0 Å². The molecule has 0 aliphatic heterocycles. The van der Waals surface area contributed by atoms with Crippen LogP contribution in [0.2, 0.25) is 0 Å². The third kappa shape index (κ3) is 3.55. The van der Waals surface area contributed by atoms with Crippen molar-refractivity contribution in [3.05, 3.63) is 143 Å². The van der Waals surface area contributed by atoms with Crippen LogP contribution in [-0.4, -0.2) is 20.2 Å². The highest BCUT2D eigenvalue weighted by Crippen LogP contribution is 2.43. The number of hydrogen-bond donors (Lipinski definition) is 0. The molecule has 4 nitrogen and oxygen atoms in total. The molecule has 0 N–H and O–H groups in total. The van der Waals surface area contributed by atoms with Crippen LogP contribution < -0.4 is 0 Å². The van der Waals surface area contributed by atoms with Crippen molar-refractivity contribution in [2.24, 2.45) is 0 Å². The SMILES string of the molecule is BrCc1ccc(-n2nnc(C(c3ccccc3)(c3ccccc3)c3ccccc3)n2)cc1. The molecule has 0 atom stereocenters. The fraction of sp³-hybridized carbons (Fsp3) is 0.0741. The Balaban J connectivity index is 1.76. The van der Waals surface area contributed by atoms with Gasteiger partial charge in [0.05, 0.1) is 5.69 Å². The van der Waals surface area contributed by atoms with E-state index in [1.165, 1.54) is 5.56 Å². The van der Waals surface area contributed by atoms with Crippen molar-refractivity contribution in [3.63, 3.8) is 0 Å². The van der Waals surface area contributed by atoms with Gasteiger partial charge in [-0.25, -0.2) is 0 Å². The third-order valence-corrected chi connectivity index (χ3v) is 6.34. The van der Waals surface area contributed by atoms with Crippen molar-refractivity contribution >= 4 is 15.9 Å². The normalized spacial score (nSPS) is 11.4. The summed E-state index contributed by atoms with van der Waals surface area (Å²) in [7, 11) is 0. The van der Waals surface area contributed by atoms with Gasteiger partial charge in [-0.05, 0) is 39.6 Å². The molecule has 5 aromatic rings. The number of alkyl halides is 1. The van der Waals surface area contributed by atoms with Gasteiger partial charge in [0.1, 0.15) is 5.41 Å². The number of nitrogens with zero attached hydrogens (tertiary/aromatic N) is 4. The first-order valence-corrected chi connectivity index (χ1v) is 11.6. The summed E-state index contributed by atoms with van der Waals surface area (Å²) in [6, 6.07) is 39.3. The molecule has 5 rings (SSSR count). The molecule has 4 aromatic carbocycles. The molecule has 0 saturated carbocycles. The Labute approximate surface area is 195 Å². The number of rotatable bonds is 6. The average Bonchev–Trinajstić information content (AvgIpc) is 3.37. The van der Waals surface area contributed by atoms with Crippen molar-refractivity contribution in [1.29, 1.82) is 0 Å². The highest BCUT2D eigenvalue weighted by molar-refractivity contribution is 9.08. The quantitative estimate of drug-likeness (QED) is 0.223.